The molecular weight excluding hydrogens is 404 g/mol. The molecule has 1 atom stereocenters. The van der Waals surface area contributed by atoms with Crippen molar-refractivity contribution in [3.05, 3.63) is 59.7 Å². The van der Waals surface area contributed by atoms with E-state index in [1.165, 1.54) is 12.1 Å². The number of benzene rings is 2. The Morgan fingerprint density at radius 1 is 1.13 bits per heavy atom. The molecule has 2 heterocycles. The number of nitrogens with zero attached hydrogens (tertiary/aromatic N) is 1. The fourth-order valence-electron chi connectivity index (χ4n) is 4.19. The molecule has 4 rings (SSSR count). The lowest BCUT2D eigenvalue weighted by molar-refractivity contribution is -0.122. The van der Waals surface area contributed by atoms with Crippen LogP contribution in [0.1, 0.15) is 55.1 Å². The van der Waals surface area contributed by atoms with Crippen molar-refractivity contribution in [3.8, 4) is 5.75 Å². The number of nitrogens with one attached hydrogen (secondary N) is 1. The van der Waals surface area contributed by atoms with Crippen molar-refractivity contribution in [2.24, 2.45) is 0 Å². The smallest absolute Gasteiger partial charge is 0.269 e. The van der Waals surface area contributed by atoms with Gasteiger partial charge in [0.25, 0.3) is 15.9 Å². The summed E-state index contributed by atoms with van der Waals surface area (Å²) in [4.78, 5) is 25.4. The van der Waals surface area contributed by atoms with Crippen LogP contribution in [0.5, 0.6) is 5.75 Å². The number of para-hydroxylation sites is 1. The topological polar surface area (TPSA) is 92.8 Å². The van der Waals surface area contributed by atoms with Gasteiger partial charge in [-0.15, -0.1) is 0 Å². The molecule has 8 heteroatoms. The average molecular weight is 429 g/mol. The highest BCUT2D eigenvalue weighted by atomic mass is 32.2. The van der Waals surface area contributed by atoms with E-state index >= 15 is 0 Å². The predicted molar refractivity (Wildman–Crippen MR) is 111 cm³/mol. The Bertz CT molecular complexity index is 1110. The number of carbonyl (C=O) groups is 2. The standard InChI is InChI=1S/C22H24N2O5S/c1-3-22(4-2)13-17(15-9-5-7-11-18(15)29-22)23-20(25)14-24-21(26)16-10-6-8-12-19(16)30(24,27)28/h5-12,17H,3-4,13-14H2,1-2H3,(H,23,25)/t17-/m1/s1. The molecule has 0 aromatic heterocycles. The van der Waals surface area contributed by atoms with Gasteiger partial charge in [0.2, 0.25) is 5.91 Å². The fourth-order valence-corrected chi connectivity index (χ4v) is 5.71. The van der Waals surface area contributed by atoms with Crippen LogP contribution in [0.2, 0.25) is 0 Å². The molecule has 1 N–H and O–H groups in total. The quantitative estimate of drug-likeness (QED) is 0.790. The minimum Gasteiger partial charge on any atom is -0.487 e. The lowest BCUT2D eigenvalue weighted by atomic mass is 9.83. The van der Waals surface area contributed by atoms with E-state index in [-0.39, 0.29) is 16.5 Å². The molecule has 158 valence electrons. The van der Waals surface area contributed by atoms with Gasteiger partial charge in [-0.05, 0) is 31.0 Å². The summed E-state index contributed by atoms with van der Waals surface area (Å²) in [7, 11) is -4.03. The monoisotopic (exact) mass is 428 g/mol. The summed E-state index contributed by atoms with van der Waals surface area (Å²) in [5.74, 6) is -0.484. The molecule has 0 fully saturated rings. The third kappa shape index (κ3) is 3.25. The van der Waals surface area contributed by atoms with Gasteiger partial charge in [-0.2, -0.15) is 0 Å². The fraction of sp³-hybridized carbons (Fsp3) is 0.364. The van der Waals surface area contributed by atoms with Crippen LogP contribution >= 0.6 is 0 Å². The molecule has 0 bridgehead atoms. The van der Waals surface area contributed by atoms with Gasteiger partial charge >= 0.3 is 0 Å². The summed E-state index contributed by atoms with van der Waals surface area (Å²) in [5.41, 5.74) is 0.540. The first kappa shape index (κ1) is 20.4. The van der Waals surface area contributed by atoms with Crippen molar-refractivity contribution >= 4 is 21.8 Å². The van der Waals surface area contributed by atoms with Crippen LogP contribution in [0, 0.1) is 0 Å². The van der Waals surface area contributed by atoms with E-state index in [0.717, 1.165) is 24.2 Å². The maximum atomic E-state index is 12.8. The number of carbonyl (C=O) groups excluding carboxylic acids is 2. The van der Waals surface area contributed by atoms with Crippen LogP contribution in [0.3, 0.4) is 0 Å². The number of amides is 2. The van der Waals surface area contributed by atoms with Crippen molar-refractivity contribution in [3.63, 3.8) is 0 Å². The van der Waals surface area contributed by atoms with Gasteiger partial charge in [-0.3, -0.25) is 9.59 Å². The van der Waals surface area contributed by atoms with E-state index in [4.69, 9.17) is 4.74 Å². The third-order valence-corrected chi connectivity index (χ3v) is 7.81. The first-order chi connectivity index (χ1) is 14.3. The lowest BCUT2D eigenvalue weighted by Gasteiger charge is -2.41. The van der Waals surface area contributed by atoms with Crippen molar-refractivity contribution in [1.29, 1.82) is 0 Å². The second-order valence-electron chi connectivity index (χ2n) is 7.67. The summed E-state index contributed by atoms with van der Waals surface area (Å²) in [6, 6.07) is 13.2. The largest absolute Gasteiger partial charge is 0.487 e. The molecule has 7 nitrogen and oxygen atoms in total. The highest BCUT2D eigenvalue weighted by Gasteiger charge is 2.43. The van der Waals surface area contributed by atoms with Crippen molar-refractivity contribution in [2.45, 2.75) is 49.6 Å². The van der Waals surface area contributed by atoms with Crippen molar-refractivity contribution in [1.82, 2.24) is 9.62 Å². The Balaban J connectivity index is 1.57. The summed E-state index contributed by atoms with van der Waals surface area (Å²) < 4.78 is 32.3. The second-order valence-corrected chi connectivity index (χ2v) is 9.50. The molecule has 0 unspecified atom stereocenters. The second kappa shape index (κ2) is 7.43. The van der Waals surface area contributed by atoms with E-state index in [1.54, 1.807) is 12.1 Å². The Morgan fingerprint density at radius 3 is 2.50 bits per heavy atom. The number of sulfonamides is 1. The number of fused-ring (bicyclic) bond motifs is 2. The highest BCUT2D eigenvalue weighted by Crippen LogP contribution is 2.42. The van der Waals surface area contributed by atoms with Gasteiger partial charge in [-0.1, -0.05) is 44.2 Å². The minimum atomic E-state index is -4.03. The van der Waals surface area contributed by atoms with Gasteiger partial charge in [-0.25, -0.2) is 12.7 Å². The molecule has 0 saturated heterocycles. The maximum Gasteiger partial charge on any atom is 0.269 e. The molecule has 2 amide bonds. The van der Waals surface area contributed by atoms with Crippen molar-refractivity contribution in [2.75, 3.05) is 6.54 Å². The van der Waals surface area contributed by atoms with Crippen LogP contribution in [0.25, 0.3) is 0 Å². The molecule has 0 aliphatic carbocycles. The molecular formula is C22H24N2O5S. The molecule has 0 radical (unpaired) electrons. The molecule has 0 spiro atoms. The Morgan fingerprint density at radius 2 is 1.80 bits per heavy atom. The van der Waals surface area contributed by atoms with Gasteiger partial charge in [0, 0.05) is 12.0 Å². The first-order valence-corrected chi connectivity index (χ1v) is 11.5. The maximum absolute atomic E-state index is 12.8. The summed E-state index contributed by atoms with van der Waals surface area (Å²) in [6.45, 7) is 3.53. The van der Waals surface area contributed by atoms with E-state index in [9.17, 15) is 18.0 Å². The van der Waals surface area contributed by atoms with E-state index < -0.39 is 34.0 Å². The van der Waals surface area contributed by atoms with Crippen LogP contribution < -0.4 is 10.1 Å². The van der Waals surface area contributed by atoms with E-state index in [1.807, 2.05) is 38.1 Å². The Hall–Kier alpha value is -2.87. The molecule has 2 aliphatic heterocycles. The summed E-state index contributed by atoms with van der Waals surface area (Å²) >= 11 is 0. The van der Waals surface area contributed by atoms with Crippen LogP contribution in [-0.2, 0) is 14.8 Å². The van der Waals surface area contributed by atoms with Crippen LogP contribution in [0.4, 0.5) is 0 Å². The molecule has 2 aromatic rings. The zero-order chi connectivity index (χ0) is 21.5. The minimum absolute atomic E-state index is 0.0600. The number of ether oxygens (including phenoxy) is 1. The summed E-state index contributed by atoms with van der Waals surface area (Å²) in [5, 5.41) is 2.93. The number of hydrogen-bond acceptors (Lipinski definition) is 5. The zero-order valence-electron chi connectivity index (χ0n) is 16.9. The summed E-state index contributed by atoms with van der Waals surface area (Å²) in [6.07, 6.45) is 2.13. The highest BCUT2D eigenvalue weighted by molar-refractivity contribution is 7.90. The zero-order valence-corrected chi connectivity index (χ0v) is 17.7. The van der Waals surface area contributed by atoms with Gasteiger partial charge < -0.3 is 10.1 Å². The molecule has 2 aromatic carbocycles. The normalized spacial score (nSPS) is 20.8. The Kier molecular flexibility index (Phi) is 5.05. The van der Waals surface area contributed by atoms with Crippen LogP contribution in [0.15, 0.2) is 53.4 Å². The first-order valence-electron chi connectivity index (χ1n) is 10.0. The van der Waals surface area contributed by atoms with Gasteiger partial charge in [0.05, 0.1) is 11.6 Å². The lowest BCUT2D eigenvalue weighted by Crippen LogP contribution is -2.47. The molecule has 2 aliphatic rings. The predicted octanol–water partition coefficient (Wildman–Crippen LogP) is 3.03. The average Bonchev–Trinajstić information content (AvgIpc) is 2.94. The third-order valence-electron chi connectivity index (χ3n) is 6.02. The van der Waals surface area contributed by atoms with Gasteiger partial charge in [0.1, 0.15) is 22.8 Å². The number of hydrogen-bond donors (Lipinski definition) is 1. The van der Waals surface area contributed by atoms with Crippen LogP contribution in [-0.4, -0.2) is 36.7 Å². The number of rotatable bonds is 5. The van der Waals surface area contributed by atoms with E-state index in [0.29, 0.717) is 10.7 Å². The SMILES string of the molecule is CCC1(CC)C[C@@H](NC(=O)CN2C(=O)c3ccccc3S2(=O)=O)c2ccccc2O1. The Labute approximate surface area is 176 Å². The van der Waals surface area contributed by atoms with Gasteiger partial charge in [0.15, 0.2) is 0 Å². The van der Waals surface area contributed by atoms with E-state index in [2.05, 4.69) is 5.32 Å². The van der Waals surface area contributed by atoms with Crippen molar-refractivity contribution < 1.29 is 22.7 Å². The molecule has 0 saturated carbocycles. The molecule has 30 heavy (non-hydrogen) atoms.